The van der Waals surface area contributed by atoms with E-state index in [4.69, 9.17) is 0 Å². The van der Waals surface area contributed by atoms with Crippen molar-refractivity contribution in [2.75, 3.05) is 4.90 Å². The fourth-order valence-corrected chi connectivity index (χ4v) is 3.65. The summed E-state index contributed by atoms with van der Waals surface area (Å²) in [6.07, 6.45) is 3.88. The summed E-state index contributed by atoms with van der Waals surface area (Å²) >= 11 is 1.47. The minimum absolute atomic E-state index is 0.0387. The Morgan fingerprint density at radius 2 is 1.78 bits per heavy atom. The number of para-hydroxylation sites is 2. The van der Waals surface area contributed by atoms with Gasteiger partial charge in [-0.3, -0.25) is 9.69 Å². The molecular weight excluding hydrogens is 356 g/mol. The highest BCUT2D eigenvalue weighted by molar-refractivity contribution is 7.14. The lowest BCUT2D eigenvalue weighted by molar-refractivity contribution is -0.117. The van der Waals surface area contributed by atoms with Gasteiger partial charge in [0.1, 0.15) is 0 Å². The summed E-state index contributed by atoms with van der Waals surface area (Å²) in [5, 5.41) is 7.01. The standard InChI is InChI=1S/C21H18N4OS/c1-16-15-27-21(23-16)25(19-10-6-3-7-11-19)20(26)12-17-13-22-24(14-17)18-8-4-2-5-9-18/h2-11,13-15H,12H2,1H3. The first kappa shape index (κ1) is 17.2. The van der Waals surface area contributed by atoms with Crippen molar-refractivity contribution in [3.05, 3.63) is 89.7 Å². The van der Waals surface area contributed by atoms with Crippen LogP contribution >= 0.6 is 11.3 Å². The number of thiazole rings is 1. The van der Waals surface area contributed by atoms with Crippen molar-refractivity contribution >= 4 is 28.1 Å². The molecule has 134 valence electrons. The van der Waals surface area contributed by atoms with Crippen LogP contribution in [0.2, 0.25) is 0 Å². The largest absolute Gasteiger partial charge is 0.274 e. The number of anilines is 2. The maximum atomic E-state index is 13.1. The van der Waals surface area contributed by atoms with Crippen LogP contribution in [-0.4, -0.2) is 20.7 Å². The van der Waals surface area contributed by atoms with E-state index in [2.05, 4.69) is 10.1 Å². The molecule has 2 heterocycles. The Hall–Kier alpha value is -3.25. The van der Waals surface area contributed by atoms with Crippen molar-refractivity contribution in [2.24, 2.45) is 0 Å². The van der Waals surface area contributed by atoms with Gasteiger partial charge in [-0.2, -0.15) is 5.10 Å². The highest BCUT2D eigenvalue weighted by Gasteiger charge is 2.21. The van der Waals surface area contributed by atoms with Crippen LogP contribution in [0.5, 0.6) is 0 Å². The zero-order valence-electron chi connectivity index (χ0n) is 14.8. The molecule has 0 spiro atoms. The smallest absolute Gasteiger partial charge is 0.237 e. The predicted molar refractivity (Wildman–Crippen MR) is 108 cm³/mol. The number of carbonyl (C=O) groups excluding carboxylic acids is 1. The van der Waals surface area contributed by atoms with Gasteiger partial charge in [-0.25, -0.2) is 9.67 Å². The molecule has 4 rings (SSSR count). The number of benzene rings is 2. The number of aryl methyl sites for hydroxylation is 1. The SMILES string of the molecule is Cc1csc(N(C(=O)Cc2cnn(-c3ccccc3)c2)c2ccccc2)n1. The minimum Gasteiger partial charge on any atom is -0.274 e. The van der Waals surface area contributed by atoms with E-state index in [1.807, 2.05) is 79.2 Å². The van der Waals surface area contributed by atoms with E-state index in [1.165, 1.54) is 11.3 Å². The first-order chi connectivity index (χ1) is 13.2. The molecule has 0 aliphatic rings. The highest BCUT2D eigenvalue weighted by Crippen LogP contribution is 2.29. The lowest BCUT2D eigenvalue weighted by atomic mass is 10.2. The summed E-state index contributed by atoms with van der Waals surface area (Å²) in [6.45, 7) is 1.93. The normalized spacial score (nSPS) is 10.7. The highest BCUT2D eigenvalue weighted by atomic mass is 32.1. The van der Waals surface area contributed by atoms with Gasteiger partial charge >= 0.3 is 0 Å². The minimum atomic E-state index is -0.0387. The number of carbonyl (C=O) groups is 1. The summed E-state index contributed by atoms with van der Waals surface area (Å²) in [4.78, 5) is 19.3. The van der Waals surface area contributed by atoms with E-state index in [0.29, 0.717) is 5.13 Å². The van der Waals surface area contributed by atoms with Gasteiger partial charge < -0.3 is 0 Å². The van der Waals surface area contributed by atoms with Gasteiger partial charge in [0, 0.05) is 11.6 Å². The number of hydrogen-bond acceptors (Lipinski definition) is 4. The molecule has 6 heteroatoms. The van der Waals surface area contributed by atoms with Crippen LogP contribution in [0.4, 0.5) is 10.8 Å². The maximum Gasteiger partial charge on any atom is 0.237 e. The molecule has 0 N–H and O–H groups in total. The molecule has 0 aliphatic heterocycles. The molecule has 0 atom stereocenters. The molecule has 4 aromatic rings. The number of hydrogen-bond donors (Lipinski definition) is 0. The van der Waals surface area contributed by atoms with Crippen molar-refractivity contribution < 1.29 is 4.79 Å². The number of rotatable bonds is 5. The van der Waals surface area contributed by atoms with E-state index in [-0.39, 0.29) is 12.3 Å². The van der Waals surface area contributed by atoms with Crippen LogP contribution in [0.25, 0.3) is 5.69 Å². The van der Waals surface area contributed by atoms with E-state index >= 15 is 0 Å². The monoisotopic (exact) mass is 374 g/mol. The summed E-state index contributed by atoms with van der Waals surface area (Å²) in [5.41, 5.74) is 3.54. The number of amides is 1. The van der Waals surface area contributed by atoms with E-state index in [1.54, 1.807) is 15.8 Å². The molecule has 5 nitrogen and oxygen atoms in total. The van der Waals surface area contributed by atoms with E-state index < -0.39 is 0 Å². The molecule has 0 bridgehead atoms. The second-order valence-electron chi connectivity index (χ2n) is 6.14. The van der Waals surface area contributed by atoms with Crippen LogP contribution in [0.1, 0.15) is 11.3 Å². The van der Waals surface area contributed by atoms with Crippen molar-refractivity contribution in [2.45, 2.75) is 13.3 Å². The van der Waals surface area contributed by atoms with Gasteiger partial charge in [0.05, 0.1) is 29.7 Å². The molecule has 2 aromatic heterocycles. The van der Waals surface area contributed by atoms with E-state index in [9.17, 15) is 4.79 Å². The van der Waals surface area contributed by atoms with Crippen LogP contribution in [0, 0.1) is 6.92 Å². The van der Waals surface area contributed by atoms with Gasteiger partial charge in [0.2, 0.25) is 5.91 Å². The zero-order chi connectivity index (χ0) is 18.6. The average Bonchev–Trinajstić information content (AvgIpc) is 3.33. The van der Waals surface area contributed by atoms with Crippen molar-refractivity contribution in [3.8, 4) is 5.69 Å². The number of nitrogens with zero attached hydrogens (tertiary/aromatic N) is 4. The lowest BCUT2D eigenvalue weighted by Crippen LogP contribution is -2.27. The second kappa shape index (κ2) is 7.55. The van der Waals surface area contributed by atoms with Gasteiger partial charge in [-0.15, -0.1) is 11.3 Å². The molecule has 27 heavy (non-hydrogen) atoms. The molecule has 0 saturated carbocycles. The predicted octanol–water partition coefficient (Wildman–Crippen LogP) is 4.54. The Kier molecular flexibility index (Phi) is 4.80. The third-order valence-electron chi connectivity index (χ3n) is 4.07. The third-order valence-corrected chi connectivity index (χ3v) is 5.02. The molecule has 1 amide bonds. The Bertz CT molecular complexity index is 1040. The van der Waals surface area contributed by atoms with Crippen LogP contribution in [-0.2, 0) is 11.2 Å². The molecule has 2 aromatic carbocycles. The maximum absolute atomic E-state index is 13.1. The van der Waals surface area contributed by atoms with E-state index in [0.717, 1.165) is 22.6 Å². The van der Waals surface area contributed by atoms with Gasteiger partial charge in [0.15, 0.2) is 5.13 Å². The van der Waals surface area contributed by atoms with Crippen molar-refractivity contribution in [3.63, 3.8) is 0 Å². The first-order valence-corrected chi connectivity index (χ1v) is 9.48. The Balaban J connectivity index is 1.60. The Morgan fingerprint density at radius 1 is 1.07 bits per heavy atom. The Morgan fingerprint density at radius 3 is 2.44 bits per heavy atom. The Labute approximate surface area is 161 Å². The van der Waals surface area contributed by atoms with Crippen LogP contribution in [0.3, 0.4) is 0 Å². The van der Waals surface area contributed by atoms with Crippen LogP contribution < -0.4 is 4.90 Å². The molecule has 0 radical (unpaired) electrons. The summed E-state index contributed by atoms with van der Waals surface area (Å²) in [6, 6.07) is 19.5. The molecule has 0 aliphatic carbocycles. The van der Waals surface area contributed by atoms with Gasteiger partial charge in [-0.1, -0.05) is 36.4 Å². The summed E-state index contributed by atoms with van der Waals surface area (Å²) in [5.74, 6) is -0.0387. The third kappa shape index (κ3) is 3.80. The summed E-state index contributed by atoms with van der Waals surface area (Å²) in [7, 11) is 0. The summed E-state index contributed by atoms with van der Waals surface area (Å²) < 4.78 is 1.78. The first-order valence-electron chi connectivity index (χ1n) is 8.60. The molecule has 0 fully saturated rings. The number of aromatic nitrogens is 3. The fourth-order valence-electron chi connectivity index (χ4n) is 2.81. The van der Waals surface area contributed by atoms with Crippen molar-refractivity contribution in [1.82, 2.24) is 14.8 Å². The molecular formula is C21H18N4OS. The molecule has 0 unspecified atom stereocenters. The second-order valence-corrected chi connectivity index (χ2v) is 6.98. The molecule has 0 saturated heterocycles. The lowest BCUT2D eigenvalue weighted by Gasteiger charge is -2.19. The zero-order valence-corrected chi connectivity index (χ0v) is 15.6. The van der Waals surface area contributed by atoms with Gasteiger partial charge in [-0.05, 0) is 36.8 Å². The fraction of sp³-hybridized carbons (Fsp3) is 0.0952. The average molecular weight is 374 g/mol. The topological polar surface area (TPSA) is 51.0 Å². The van der Waals surface area contributed by atoms with Crippen LogP contribution in [0.15, 0.2) is 78.4 Å². The van der Waals surface area contributed by atoms with Gasteiger partial charge in [0.25, 0.3) is 0 Å². The van der Waals surface area contributed by atoms with Crippen molar-refractivity contribution in [1.29, 1.82) is 0 Å². The quantitative estimate of drug-likeness (QED) is 0.515.